The van der Waals surface area contributed by atoms with E-state index in [1.807, 2.05) is 19.9 Å². The Bertz CT molecular complexity index is 978. The minimum atomic E-state index is -0.188. The Kier molecular flexibility index (Phi) is 8.47. The summed E-state index contributed by atoms with van der Waals surface area (Å²) in [5.74, 6) is 4.05. The second kappa shape index (κ2) is 11.0. The van der Waals surface area contributed by atoms with Crippen LogP contribution >= 0.6 is 0 Å². The van der Waals surface area contributed by atoms with Gasteiger partial charge in [-0.2, -0.15) is 0 Å². The first-order valence-corrected chi connectivity index (χ1v) is 13.1. The van der Waals surface area contributed by atoms with Gasteiger partial charge in [0.2, 0.25) is 0 Å². The third kappa shape index (κ3) is 4.76. The largest absolute Gasteiger partial charge is 0.393 e. The quantitative estimate of drug-likeness (QED) is 0.500. The molecule has 0 saturated heterocycles. The zero-order valence-corrected chi connectivity index (χ0v) is 22.0. The number of hydrogen-bond acceptors (Lipinski definition) is 3. The van der Waals surface area contributed by atoms with Gasteiger partial charge >= 0.3 is 0 Å². The lowest BCUT2D eigenvalue weighted by Crippen LogP contribution is -2.45. The molecule has 0 bridgehead atoms. The van der Waals surface area contributed by atoms with E-state index < -0.39 is 0 Å². The Morgan fingerprint density at radius 1 is 1.06 bits per heavy atom. The van der Waals surface area contributed by atoms with Crippen molar-refractivity contribution in [3.05, 3.63) is 52.6 Å². The van der Waals surface area contributed by atoms with Crippen LogP contribution in [0, 0.1) is 29.6 Å². The second-order valence-electron chi connectivity index (χ2n) is 10.5. The van der Waals surface area contributed by atoms with Gasteiger partial charge in [0.1, 0.15) is 0 Å². The van der Waals surface area contributed by atoms with E-state index in [-0.39, 0.29) is 11.5 Å². The fraction of sp³-hybridized carbons (Fsp3) is 0.581. The zero-order valence-electron chi connectivity index (χ0n) is 22.0. The summed E-state index contributed by atoms with van der Waals surface area (Å²) in [6.07, 6.45) is 13.2. The summed E-state index contributed by atoms with van der Waals surface area (Å²) < 4.78 is 0. The van der Waals surface area contributed by atoms with Crippen LogP contribution in [0.4, 0.5) is 5.69 Å². The number of ketones is 1. The molecule has 1 N–H and O–H groups in total. The van der Waals surface area contributed by atoms with Crippen molar-refractivity contribution in [3.8, 4) is 12.3 Å². The molecule has 0 spiro atoms. The average Bonchev–Trinajstić information content (AvgIpc) is 3.14. The van der Waals surface area contributed by atoms with Crippen LogP contribution in [0.25, 0.3) is 0 Å². The molecule has 5 unspecified atom stereocenters. The molecule has 0 radical (unpaired) electrons. The van der Waals surface area contributed by atoms with E-state index in [0.29, 0.717) is 30.0 Å². The fourth-order valence-electron chi connectivity index (χ4n) is 6.94. The smallest absolute Gasteiger partial charge is 0.156 e. The maximum Gasteiger partial charge on any atom is 0.156 e. The predicted molar refractivity (Wildman–Crippen MR) is 143 cm³/mol. The number of terminal acetylenes is 1. The summed E-state index contributed by atoms with van der Waals surface area (Å²) in [6, 6.07) is 9.03. The van der Waals surface area contributed by atoms with Crippen molar-refractivity contribution in [1.82, 2.24) is 0 Å². The molecular weight excluding hydrogens is 418 g/mol. The predicted octanol–water partition coefficient (Wildman–Crippen LogP) is 6.68. The van der Waals surface area contributed by atoms with Crippen LogP contribution in [0.5, 0.6) is 0 Å². The Labute approximate surface area is 207 Å². The van der Waals surface area contributed by atoms with Crippen molar-refractivity contribution < 1.29 is 9.90 Å². The van der Waals surface area contributed by atoms with Crippen LogP contribution < -0.4 is 4.90 Å². The van der Waals surface area contributed by atoms with Crippen molar-refractivity contribution in [2.45, 2.75) is 84.7 Å². The number of hydrogen-bond donors (Lipinski definition) is 1. The zero-order chi connectivity index (χ0) is 25.0. The van der Waals surface area contributed by atoms with Crippen molar-refractivity contribution in [2.75, 3.05) is 19.0 Å². The summed E-state index contributed by atoms with van der Waals surface area (Å²) in [6.45, 7) is 7.99. The molecule has 5 atom stereocenters. The average molecular weight is 462 g/mol. The van der Waals surface area contributed by atoms with Crippen LogP contribution in [0.1, 0.15) is 84.1 Å². The van der Waals surface area contributed by atoms with Crippen LogP contribution in [0.3, 0.4) is 0 Å². The van der Waals surface area contributed by atoms with Crippen LogP contribution in [0.15, 0.2) is 47.1 Å². The number of fused-ring (bicyclic) bond motifs is 4. The molecule has 0 amide bonds. The maximum atomic E-state index is 12.1. The molecule has 184 valence electrons. The Morgan fingerprint density at radius 3 is 2.32 bits per heavy atom. The van der Waals surface area contributed by atoms with Crippen molar-refractivity contribution >= 4 is 11.5 Å². The molecule has 0 heterocycles. The highest BCUT2D eigenvalue weighted by Gasteiger charge is 2.56. The topological polar surface area (TPSA) is 40.5 Å². The molecule has 2 saturated carbocycles. The number of nitrogens with zero attached hydrogens (tertiary/aromatic N) is 1. The first kappa shape index (κ1) is 26.3. The molecule has 3 nitrogen and oxygen atoms in total. The molecule has 0 aliphatic heterocycles. The number of carbonyl (C=O) groups excluding carboxylic acids is 1. The minimum absolute atomic E-state index is 0.00527. The van der Waals surface area contributed by atoms with E-state index in [2.05, 4.69) is 62.5 Å². The van der Waals surface area contributed by atoms with Gasteiger partial charge in [-0.05, 0) is 97.6 Å². The van der Waals surface area contributed by atoms with Gasteiger partial charge in [-0.1, -0.05) is 38.5 Å². The van der Waals surface area contributed by atoms with Gasteiger partial charge in [-0.25, -0.2) is 0 Å². The van der Waals surface area contributed by atoms with Crippen LogP contribution in [0.2, 0.25) is 0 Å². The molecule has 1 aromatic carbocycles. The van der Waals surface area contributed by atoms with E-state index in [9.17, 15) is 9.90 Å². The van der Waals surface area contributed by atoms with Crippen molar-refractivity contribution in [1.29, 1.82) is 0 Å². The van der Waals surface area contributed by atoms with Gasteiger partial charge in [-0.15, -0.1) is 12.3 Å². The number of aliphatic hydroxyl groups excluding tert-OH is 1. The van der Waals surface area contributed by atoms with E-state index in [1.54, 1.807) is 12.5 Å². The molecule has 3 heteroatoms. The summed E-state index contributed by atoms with van der Waals surface area (Å²) in [7, 11) is 4.15. The number of benzene rings is 1. The highest BCUT2D eigenvalue weighted by molar-refractivity contribution is 5.93. The third-order valence-corrected chi connectivity index (χ3v) is 8.49. The van der Waals surface area contributed by atoms with Crippen LogP contribution in [-0.2, 0) is 4.79 Å². The van der Waals surface area contributed by atoms with E-state index in [4.69, 9.17) is 0 Å². The molecule has 4 aliphatic carbocycles. The lowest BCUT2D eigenvalue weighted by Gasteiger charge is -2.52. The van der Waals surface area contributed by atoms with Gasteiger partial charge in [-0.3, -0.25) is 4.79 Å². The molecule has 4 aliphatic rings. The van der Waals surface area contributed by atoms with Crippen molar-refractivity contribution in [2.24, 2.45) is 17.3 Å². The second-order valence-corrected chi connectivity index (χ2v) is 10.5. The molecule has 0 aromatic heterocycles. The summed E-state index contributed by atoms with van der Waals surface area (Å²) in [5.41, 5.74) is 7.02. The van der Waals surface area contributed by atoms with Crippen LogP contribution in [-0.4, -0.2) is 31.1 Å². The molecule has 34 heavy (non-hydrogen) atoms. The Morgan fingerprint density at radius 2 is 1.71 bits per heavy atom. The highest BCUT2D eigenvalue weighted by Crippen LogP contribution is 2.63. The third-order valence-electron chi connectivity index (χ3n) is 8.49. The molecule has 1 aromatic rings. The van der Waals surface area contributed by atoms with Gasteiger partial charge in [0.15, 0.2) is 5.78 Å². The summed E-state index contributed by atoms with van der Waals surface area (Å²) in [5, 5.41) is 10.9. The van der Waals surface area contributed by atoms with E-state index >= 15 is 0 Å². The Hall–Kier alpha value is -2.31. The lowest BCUT2D eigenvalue weighted by atomic mass is 9.53. The number of allylic oxidation sites excluding steroid dienone is 4. The maximum absolute atomic E-state index is 12.1. The standard InChI is InChI=1S/C26H33NO2.C3H4.C2H6/c1-26-15-22(16-4-7-18(8-5-16)27(2)3)25-20-11-9-19(28)14-17(20)6-10-21(25)23(26)12-13-24(26)29;1-3-2;1-2/h4-5,7-8,14,21-24,29H,6,9-13,15H2,1-3H3;1H,2H3;1-2H3. The molecular formula is C31H43NO2. The summed E-state index contributed by atoms with van der Waals surface area (Å²) >= 11 is 0. The normalized spacial score (nSPS) is 31.4. The number of carbonyl (C=O) groups is 1. The Balaban J connectivity index is 0.000000603. The minimum Gasteiger partial charge on any atom is -0.393 e. The van der Waals surface area contributed by atoms with Crippen molar-refractivity contribution in [3.63, 3.8) is 0 Å². The van der Waals surface area contributed by atoms with E-state index in [1.165, 1.54) is 22.4 Å². The lowest BCUT2D eigenvalue weighted by molar-refractivity contribution is -0.114. The van der Waals surface area contributed by atoms with Gasteiger partial charge in [0.25, 0.3) is 0 Å². The van der Waals surface area contributed by atoms with E-state index in [0.717, 1.165) is 38.5 Å². The fourth-order valence-corrected chi connectivity index (χ4v) is 6.94. The first-order valence-electron chi connectivity index (χ1n) is 13.1. The van der Waals surface area contributed by atoms with Gasteiger partial charge in [0, 0.05) is 32.1 Å². The molecule has 2 fully saturated rings. The monoisotopic (exact) mass is 461 g/mol. The number of anilines is 1. The van der Waals surface area contributed by atoms with Gasteiger partial charge < -0.3 is 10.0 Å². The van der Waals surface area contributed by atoms with Gasteiger partial charge in [0.05, 0.1) is 6.10 Å². The number of rotatable bonds is 2. The highest BCUT2D eigenvalue weighted by atomic mass is 16.3. The number of aliphatic hydroxyl groups is 1. The molecule has 5 rings (SSSR count). The SMILES string of the molecule is C#CC.CC.CN(C)c1ccc(C2CC3(C)C(O)CCC3C3CCC4=CC(=O)CCC4=C23)cc1. The first-order chi connectivity index (χ1) is 16.3. The summed E-state index contributed by atoms with van der Waals surface area (Å²) in [4.78, 5) is 14.2.